The third kappa shape index (κ3) is 2.33. The molecule has 2 aliphatic rings. The second kappa shape index (κ2) is 5.27. The Morgan fingerprint density at radius 2 is 2.17 bits per heavy atom. The molecule has 2 aliphatic heterocycles. The lowest BCUT2D eigenvalue weighted by atomic mass is 9.97. The number of piperidine rings is 1. The summed E-state index contributed by atoms with van der Waals surface area (Å²) in [6, 6.07) is 2.75. The van der Waals surface area contributed by atoms with Crippen molar-refractivity contribution in [1.29, 1.82) is 0 Å². The lowest BCUT2D eigenvalue weighted by Gasteiger charge is -2.40. The minimum Gasteiger partial charge on any atom is -0.311 e. The predicted molar refractivity (Wildman–Crippen MR) is 75.9 cm³/mol. The molecule has 0 radical (unpaired) electrons. The molecule has 0 aromatic carbocycles. The van der Waals surface area contributed by atoms with Gasteiger partial charge in [-0.2, -0.15) is 0 Å². The topological polar surface area (TPSA) is 28.2 Å². The third-order valence-corrected chi connectivity index (χ3v) is 5.53. The Morgan fingerprint density at radius 3 is 2.72 bits per heavy atom. The lowest BCUT2D eigenvalue weighted by molar-refractivity contribution is 0.107. The largest absolute Gasteiger partial charge is 0.311 e. The van der Waals surface area contributed by atoms with Crippen LogP contribution < -0.4 is 5.32 Å². The molecule has 0 saturated carbocycles. The van der Waals surface area contributed by atoms with E-state index in [1.165, 1.54) is 30.7 Å². The highest BCUT2D eigenvalue weighted by atomic mass is 32.1. The number of thiazole rings is 1. The molecule has 2 bridgehead atoms. The van der Waals surface area contributed by atoms with Crippen molar-refractivity contribution in [3.63, 3.8) is 0 Å². The van der Waals surface area contributed by atoms with Gasteiger partial charge >= 0.3 is 0 Å². The van der Waals surface area contributed by atoms with Crippen molar-refractivity contribution in [3.05, 3.63) is 16.6 Å². The van der Waals surface area contributed by atoms with Crippen molar-refractivity contribution in [1.82, 2.24) is 15.2 Å². The van der Waals surface area contributed by atoms with Crippen LogP contribution in [0.25, 0.3) is 0 Å². The highest BCUT2D eigenvalue weighted by molar-refractivity contribution is 7.09. The molecule has 2 fully saturated rings. The van der Waals surface area contributed by atoms with Crippen LogP contribution in [0.3, 0.4) is 0 Å². The van der Waals surface area contributed by atoms with Gasteiger partial charge < -0.3 is 5.32 Å². The van der Waals surface area contributed by atoms with E-state index in [0.717, 1.165) is 24.7 Å². The standard InChI is InChI=1S/C14H23N3S/c1-3-17(10(2)14-15-6-7-18-14)13-8-11-4-5-12(9-13)16-11/h6-7,10-13,16H,3-5,8-9H2,1-2H3. The van der Waals surface area contributed by atoms with Crippen LogP contribution in [-0.4, -0.2) is 34.6 Å². The second-order valence-electron chi connectivity index (χ2n) is 5.64. The zero-order valence-electron chi connectivity index (χ0n) is 11.3. The molecule has 3 rings (SSSR count). The zero-order chi connectivity index (χ0) is 12.5. The van der Waals surface area contributed by atoms with E-state index in [1.807, 2.05) is 6.20 Å². The summed E-state index contributed by atoms with van der Waals surface area (Å²) in [5.74, 6) is 0. The Hall–Kier alpha value is -0.450. The Labute approximate surface area is 114 Å². The molecule has 0 aliphatic carbocycles. The number of nitrogens with one attached hydrogen (secondary N) is 1. The average molecular weight is 265 g/mol. The van der Waals surface area contributed by atoms with Crippen molar-refractivity contribution in [2.75, 3.05) is 6.54 Å². The van der Waals surface area contributed by atoms with E-state index < -0.39 is 0 Å². The van der Waals surface area contributed by atoms with Gasteiger partial charge in [-0.15, -0.1) is 11.3 Å². The van der Waals surface area contributed by atoms with Gasteiger partial charge in [0, 0.05) is 29.7 Å². The molecule has 1 N–H and O–H groups in total. The van der Waals surface area contributed by atoms with E-state index in [1.54, 1.807) is 11.3 Å². The second-order valence-corrected chi connectivity index (χ2v) is 6.57. The highest BCUT2D eigenvalue weighted by Crippen LogP contribution is 2.34. The van der Waals surface area contributed by atoms with Crippen LogP contribution in [0.4, 0.5) is 0 Å². The van der Waals surface area contributed by atoms with Gasteiger partial charge in [-0.05, 0) is 39.2 Å². The summed E-state index contributed by atoms with van der Waals surface area (Å²) < 4.78 is 0. The number of hydrogen-bond acceptors (Lipinski definition) is 4. The summed E-state index contributed by atoms with van der Waals surface area (Å²) in [5.41, 5.74) is 0. The molecule has 3 heterocycles. The molecule has 3 atom stereocenters. The monoisotopic (exact) mass is 265 g/mol. The minimum absolute atomic E-state index is 0.470. The summed E-state index contributed by atoms with van der Waals surface area (Å²) in [7, 11) is 0. The number of fused-ring (bicyclic) bond motifs is 2. The summed E-state index contributed by atoms with van der Waals surface area (Å²) in [5, 5.41) is 7.09. The Bertz CT molecular complexity index is 366. The fourth-order valence-electron chi connectivity index (χ4n) is 3.73. The molecular weight excluding hydrogens is 242 g/mol. The van der Waals surface area contributed by atoms with Crippen molar-refractivity contribution < 1.29 is 0 Å². The quantitative estimate of drug-likeness (QED) is 0.907. The fourth-order valence-corrected chi connectivity index (χ4v) is 4.44. The van der Waals surface area contributed by atoms with E-state index in [-0.39, 0.29) is 0 Å². The first-order valence-electron chi connectivity index (χ1n) is 7.19. The van der Waals surface area contributed by atoms with E-state index in [0.29, 0.717) is 6.04 Å². The molecule has 0 spiro atoms. The molecule has 1 aromatic rings. The van der Waals surface area contributed by atoms with Gasteiger partial charge in [0.15, 0.2) is 0 Å². The maximum absolute atomic E-state index is 4.49. The van der Waals surface area contributed by atoms with E-state index in [2.05, 4.69) is 34.4 Å². The zero-order valence-corrected chi connectivity index (χ0v) is 12.1. The average Bonchev–Trinajstić information content (AvgIpc) is 3.00. The van der Waals surface area contributed by atoms with Crippen LogP contribution in [0, 0.1) is 0 Å². The molecule has 100 valence electrons. The third-order valence-electron chi connectivity index (χ3n) is 4.59. The number of rotatable bonds is 4. The molecule has 0 amide bonds. The van der Waals surface area contributed by atoms with E-state index >= 15 is 0 Å². The lowest BCUT2D eigenvalue weighted by Crippen LogP contribution is -2.48. The Balaban J connectivity index is 1.72. The minimum atomic E-state index is 0.470. The molecule has 18 heavy (non-hydrogen) atoms. The SMILES string of the molecule is CCN(C1CC2CCC(C1)N2)C(C)c1nccs1. The first-order valence-corrected chi connectivity index (χ1v) is 8.07. The predicted octanol–water partition coefficient (Wildman–Crippen LogP) is 2.81. The van der Waals surface area contributed by atoms with Crippen LogP contribution in [0.15, 0.2) is 11.6 Å². The molecule has 4 heteroatoms. The Kier molecular flexibility index (Phi) is 3.68. The summed E-state index contributed by atoms with van der Waals surface area (Å²) in [6.07, 6.45) is 7.32. The number of nitrogens with zero attached hydrogens (tertiary/aromatic N) is 2. The summed E-state index contributed by atoms with van der Waals surface area (Å²) in [6.45, 7) is 5.73. The van der Waals surface area contributed by atoms with Crippen LogP contribution >= 0.6 is 11.3 Å². The highest BCUT2D eigenvalue weighted by Gasteiger charge is 2.37. The van der Waals surface area contributed by atoms with Crippen LogP contribution in [-0.2, 0) is 0 Å². The molecule has 2 saturated heterocycles. The maximum Gasteiger partial charge on any atom is 0.109 e. The normalized spacial score (nSPS) is 32.9. The first kappa shape index (κ1) is 12.6. The van der Waals surface area contributed by atoms with Gasteiger partial charge in [-0.25, -0.2) is 4.98 Å². The first-order chi connectivity index (χ1) is 8.78. The van der Waals surface area contributed by atoms with E-state index in [9.17, 15) is 0 Å². The number of hydrogen-bond donors (Lipinski definition) is 1. The van der Waals surface area contributed by atoms with Crippen LogP contribution in [0.2, 0.25) is 0 Å². The maximum atomic E-state index is 4.49. The van der Waals surface area contributed by atoms with E-state index in [4.69, 9.17) is 0 Å². The van der Waals surface area contributed by atoms with Gasteiger partial charge in [0.05, 0.1) is 6.04 Å². The Morgan fingerprint density at radius 1 is 1.44 bits per heavy atom. The molecule has 1 aromatic heterocycles. The smallest absolute Gasteiger partial charge is 0.109 e. The van der Waals surface area contributed by atoms with Crippen molar-refractivity contribution in [3.8, 4) is 0 Å². The van der Waals surface area contributed by atoms with Crippen LogP contribution in [0.5, 0.6) is 0 Å². The van der Waals surface area contributed by atoms with Gasteiger partial charge in [-0.3, -0.25) is 4.90 Å². The molecule has 3 nitrogen and oxygen atoms in total. The summed E-state index contributed by atoms with van der Waals surface area (Å²) in [4.78, 5) is 7.15. The van der Waals surface area contributed by atoms with Gasteiger partial charge in [0.1, 0.15) is 5.01 Å². The van der Waals surface area contributed by atoms with Gasteiger partial charge in [0.25, 0.3) is 0 Å². The fraction of sp³-hybridized carbons (Fsp3) is 0.786. The van der Waals surface area contributed by atoms with Crippen molar-refractivity contribution >= 4 is 11.3 Å². The van der Waals surface area contributed by atoms with Crippen LogP contribution in [0.1, 0.15) is 50.6 Å². The molecular formula is C14H23N3S. The van der Waals surface area contributed by atoms with Gasteiger partial charge in [0.2, 0.25) is 0 Å². The molecule has 3 unspecified atom stereocenters. The van der Waals surface area contributed by atoms with Crippen molar-refractivity contribution in [2.45, 2.75) is 63.7 Å². The van der Waals surface area contributed by atoms with Crippen molar-refractivity contribution in [2.24, 2.45) is 0 Å². The number of aromatic nitrogens is 1. The summed E-state index contributed by atoms with van der Waals surface area (Å²) >= 11 is 1.79. The van der Waals surface area contributed by atoms with Gasteiger partial charge in [-0.1, -0.05) is 6.92 Å².